The lowest BCUT2D eigenvalue weighted by Crippen LogP contribution is -2.35. The Hall–Kier alpha value is -0.700. The average molecular weight is 187 g/mol. The van der Waals surface area contributed by atoms with Crippen molar-refractivity contribution < 1.29 is 9.19 Å². The van der Waals surface area contributed by atoms with Gasteiger partial charge in [0.2, 0.25) is 0 Å². The Labute approximate surface area is 79.9 Å². The molecule has 1 rings (SSSR count). The summed E-state index contributed by atoms with van der Waals surface area (Å²) in [6, 6.07) is 0. The average Bonchev–Trinajstić information content (AvgIpc) is 2.47. The van der Waals surface area contributed by atoms with Crippen molar-refractivity contribution in [1.29, 1.82) is 0 Å². The highest BCUT2D eigenvalue weighted by molar-refractivity contribution is 5.50. The maximum Gasteiger partial charge on any atom is 0.194 e. The lowest BCUT2D eigenvalue weighted by atomic mass is 10.2. The second-order valence-corrected chi connectivity index (χ2v) is 3.69. The zero-order valence-electron chi connectivity index (χ0n) is 8.57. The quantitative estimate of drug-likeness (QED) is 0.463. The van der Waals surface area contributed by atoms with Gasteiger partial charge in [-0.15, -0.1) is 0 Å². The Bertz CT molecular complexity index is 175. The minimum atomic E-state index is 0. The van der Waals surface area contributed by atoms with Gasteiger partial charge in [0.25, 0.3) is 0 Å². The molecule has 1 unspecified atom stereocenters. The standard InChI is InChI=1S/C10H19N2.FH/c1-3-4-5-6-8-12(2)9-7-11-10-12;/h7,9-10H,3-6,8H2,1-2H3;1H/q+1;. The first-order valence-electron chi connectivity index (χ1n) is 4.84. The minimum absolute atomic E-state index is 0. The molecule has 3 heteroatoms. The highest BCUT2D eigenvalue weighted by Gasteiger charge is 2.17. The summed E-state index contributed by atoms with van der Waals surface area (Å²) in [5, 5.41) is 0. The number of quaternary nitrogens is 1. The molecular weight excluding hydrogens is 167 g/mol. The molecule has 0 amide bonds. The van der Waals surface area contributed by atoms with Crippen LogP contribution in [0.3, 0.4) is 0 Å². The van der Waals surface area contributed by atoms with Gasteiger partial charge in [0, 0.05) is 0 Å². The topological polar surface area (TPSA) is 12.4 Å². The normalized spacial score (nSPS) is 24.8. The van der Waals surface area contributed by atoms with Crippen LogP contribution < -0.4 is 0 Å². The molecule has 0 saturated carbocycles. The first kappa shape index (κ1) is 12.3. The number of unbranched alkanes of at least 4 members (excludes halogenated alkanes) is 3. The number of hydrogen-bond acceptors (Lipinski definition) is 1. The zero-order chi connectivity index (χ0) is 8.86. The van der Waals surface area contributed by atoms with Crippen LogP contribution in [-0.2, 0) is 0 Å². The maximum atomic E-state index is 4.10. The van der Waals surface area contributed by atoms with Crippen LogP contribution in [0.5, 0.6) is 0 Å². The van der Waals surface area contributed by atoms with Crippen molar-refractivity contribution in [3.05, 3.63) is 12.4 Å². The molecular formula is C10H20FN2+. The third-order valence-corrected chi connectivity index (χ3v) is 2.32. The molecule has 0 fully saturated rings. The summed E-state index contributed by atoms with van der Waals surface area (Å²) in [5.74, 6) is 0. The largest absolute Gasteiger partial charge is 0.269 e. The van der Waals surface area contributed by atoms with Crippen molar-refractivity contribution in [2.45, 2.75) is 32.6 Å². The molecule has 0 spiro atoms. The molecule has 1 atom stereocenters. The van der Waals surface area contributed by atoms with Gasteiger partial charge < -0.3 is 0 Å². The first-order chi connectivity index (χ1) is 5.77. The molecule has 76 valence electrons. The van der Waals surface area contributed by atoms with Crippen LogP contribution in [0.1, 0.15) is 32.6 Å². The molecule has 0 aromatic rings. The third-order valence-electron chi connectivity index (χ3n) is 2.32. The van der Waals surface area contributed by atoms with E-state index < -0.39 is 0 Å². The summed E-state index contributed by atoms with van der Waals surface area (Å²) in [6.07, 6.45) is 11.4. The van der Waals surface area contributed by atoms with E-state index in [-0.39, 0.29) is 4.70 Å². The predicted octanol–water partition coefficient (Wildman–Crippen LogP) is 2.68. The van der Waals surface area contributed by atoms with Gasteiger partial charge in [0.15, 0.2) is 6.34 Å². The summed E-state index contributed by atoms with van der Waals surface area (Å²) >= 11 is 0. The Morgan fingerprint density at radius 3 is 2.54 bits per heavy atom. The summed E-state index contributed by atoms with van der Waals surface area (Å²) < 4.78 is 0.893. The van der Waals surface area contributed by atoms with Gasteiger partial charge in [-0.2, -0.15) is 0 Å². The molecule has 0 aromatic carbocycles. The van der Waals surface area contributed by atoms with Crippen LogP contribution >= 0.6 is 0 Å². The van der Waals surface area contributed by atoms with Crippen molar-refractivity contribution in [2.75, 3.05) is 13.6 Å². The zero-order valence-corrected chi connectivity index (χ0v) is 8.57. The summed E-state index contributed by atoms with van der Waals surface area (Å²) in [7, 11) is 2.19. The van der Waals surface area contributed by atoms with Crippen molar-refractivity contribution in [3.8, 4) is 0 Å². The van der Waals surface area contributed by atoms with E-state index in [1.807, 2.05) is 12.5 Å². The molecule has 0 bridgehead atoms. The van der Waals surface area contributed by atoms with E-state index in [0.29, 0.717) is 0 Å². The molecule has 1 aliphatic heterocycles. The molecule has 1 aliphatic rings. The second-order valence-electron chi connectivity index (χ2n) is 3.69. The van der Waals surface area contributed by atoms with E-state index in [2.05, 4.69) is 25.2 Å². The highest BCUT2D eigenvalue weighted by Crippen LogP contribution is 2.10. The lowest BCUT2D eigenvalue weighted by Gasteiger charge is -2.21. The van der Waals surface area contributed by atoms with Crippen molar-refractivity contribution >= 4 is 6.34 Å². The van der Waals surface area contributed by atoms with Gasteiger partial charge in [-0.1, -0.05) is 19.8 Å². The predicted molar refractivity (Wildman–Crippen MR) is 55.3 cm³/mol. The fraction of sp³-hybridized carbons (Fsp3) is 0.700. The van der Waals surface area contributed by atoms with E-state index in [0.717, 1.165) is 4.48 Å². The van der Waals surface area contributed by atoms with E-state index in [4.69, 9.17) is 0 Å². The maximum absolute atomic E-state index is 4.10. The van der Waals surface area contributed by atoms with Crippen LogP contribution in [0, 0.1) is 0 Å². The molecule has 0 radical (unpaired) electrons. The van der Waals surface area contributed by atoms with Crippen molar-refractivity contribution in [3.63, 3.8) is 0 Å². The molecule has 0 aliphatic carbocycles. The monoisotopic (exact) mass is 187 g/mol. The van der Waals surface area contributed by atoms with Crippen LogP contribution in [0.2, 0.25) is 0 Å². The van der Waals surface area contributed by atoms with E-state index in [9.17, 15) is 0 Å². The Morgan fingerprint density at radius 2 is 2.00 bits per heavy atom. The SMILES string of the molecule is CCCCCC[N+]1(C)C=CN=C1.F. The van der Waals surface area contributed by atoms with Crippen molar-refractivity contribution in [2.24, 2.45) is 4.99 Å². The summed E-state index contributed by atoms with van der Waals surface area (Å²) in [5.41, 5.74) is 0. The van der Waals surface area contributed by atoms with Gasteiger partial charge in [-0.05, 0) is 12.8 Å². The van der Waals surface area contributed by atoms with Crippen LogP contribution in [0.25, 0.3) is 0 Å². The molecule has 0 aromatic heterocycles. The van der Waals surface area contributed by atoms with Crippen LogP contribution in [0.15, 0.2) is 17.4 Å². The van der Waals surface area contributed by atoms with Gasteiger partial charge in [-0.25, -0.2) is 4.99 Å². The molecule has 1 heterocycles. The first-order valence-corrected chi connectivity index (χ1v) is 4.84. The minimum Gasteiger partial charge on any atom is -0.269 e. The van der Waals surface area contributed by atoms with Crippen LogP contribution in [0.4, 0.5) is 4.70 Å². The van der Waals surface area contributed by atoms with E-state index in [1.165, 1.54) is 32.2 Å². The Balaban J connectivity index is 0.00000144. The highest BCUT2D eigenvalue weighted by atomic mass is 19.0. The van der Waals surface area contributed by atoms with Gasteiger partial charge in [0.1, 0.15) is 6.20 Å². The van der Waals surface area contributed by atoms with Crippen molar-refractivity contribution in [1.82, 2.24) is 0 Å². The molecule has 13 heavy (non-hydrogen) atoms. The number of halogens is 1. The Morgan fingerprint density at radius 1 is 1.23 bits per heavy atom. The molecule has 0 saturated heterocycles. The smallest absolute Gasteiger partial charge is 0.194 e. The van der Waals surface area contributed by atoms with E-state index in [1.54, 1.807) is 0 Å². The number of hydrogen-bond donors (Lipinski definition) is 0. The van der Waals surface area contributed by atoms with Gasteiger partial charge in [0.05, 0.1) is 19.8 Å². The summed E-state index contributed by atoms with van der Waals surface area (Å²) in [4.78, 5) is 4.10. The number of rotatable bonds is 5. The molecule has 2 nitrogen and oxygen atoms in total. The van der Waals surface area contributed by atoms with E-state index >= 15 is 0 Å². The fourth-order valence-corrected chi connectivity index (χ4v) is 1.43. The van der Waals surface area contributed by atoms with Gasteiger partial charge >= 0.3 is 0 Å². The fourth-order valence-electron chi connectivity index (χ4n) is 1.43. The lowest BCUT2D eigenvalue weighted by molar-refractivity contribution is -0.756. The summed E-state index contributed by atoms with van der Waals surface area (Å²) in [6.45, 7) is 3.44. The number of aliphatic imine (C=N–C) groups is 1. The molecule has 0 N–H and O–H groups in total. The van der Waals surface area contributed by atoms with Crippen LogP contribution in [-0.4, -0.2) is 24.4 Å². The third kappa shape index (κ3) is 4.18. The second kappa shape index (κ2) is 5.86. The Kier molecular flexibility index (Phi) is 5.55. The van der Waals surface area contributed by atoms with Gasteiger partial charge in [-0.3, -0.25) is 9.19 Å². The number of nitrogens with zero attached hydrogens (tertiary/aromatic N) is 2.